The number of ether oxygens (including phenoxy) is 1. The molecule has 1 saturated carbocycles. The van der Waals surface area contributed by atoms with E-state index in [-0.39, 0.29) is 30.4 Å². The molecule has 1 aromatic carbocycles. The third-order valence-electron chi connectivity index (χ3n) is 7.25. The van der Waals surface area contributed by atoms with Crippen LogP contribution < -0.4 is 4.90 Å². The smallest absolute Gasteiger partial charge is 0.354 e. The van der Waals surface area contributed by atoms with Crippen LogP contribution in [0.3, 0.4) is 0 Å². The summed E-state index contributed by atoms with van der Waals surface area (Å²) < 4.78 is 7.60. The van der Waals surface area contributed by atoms with Gasteiger partial charge in [0, 0.05) is 26.1 Å². The standard InChI is InChI=1S/C24H25N5O4/c1-27-18-11-28(12-19(18)33-13-20(27)30)17-10-16(24(31)32)25-23-21(17)22(14-6-5-7-14)26-29(23)15-8-3-2-4-9-15/h2-4,8-10,14,18-19H,5-7,11-13H2,1H3,(H,31,32)/t18-,19-/m0/s1. The lowest BCUT2D eigenvalue weighted by molar-refractivity contribution is -0.150. The number of nitrogens with zero attached hydrogens (tertiary/aromatic N) is 5. The molecular formula is C24H25N5O4. The molecule has 2 aromatic heterocycles. The topological polar surface area (TPSA) is 101 Å². The largest absolute Gasteiger partial charge is 0.477 e. The zero-order valence-electron chi connectivity index (χ0n) is 18.3. The molecule has 4 heterocycles. The Kier molecular flexibility index (Phi) is 4.62. The highest BCUT2D eigenvalue weighted by Gasteiger charge is 2.43. The van der Waals surface area contributed by atoms with Crippen molar-refractivity contribution in [3.63, 3.8) is 0 Å². The summed E-state index contributed by atoms with van der Waals surface area (Å²) in [7, 11) is 1.81. The average Bonchev–Trinajstić information content (AvgIpc) is 3.38. The Hall–Kier alpha value is -3.46. The number of carbonyl (C=O) groups excluding carboxylic acids is 1. The highest BCUT2D eigenvalue weighted by atomic mass is 16.5. The van der Waals surface area contributed by atoms with E-state index in [4.69, 9.17) is 9.84 Å². The van der Waals surface area contributed by atoms with Gasteiger partial charge < -0.3 is 19.6 Å². The molecule has 2 atom stereocenters. The summed E-state index contributed by atoms with van der Waals surface area (Å²) in [4.78, 5) is 32.6. The van der Waals surface area contributed by atoms with Crippen molar-refractivity contribution in [2.75, 3.05) is 31.6 Å². The van der Waals surface area contributed by atoms with E-state index in [1.807, 2.05) is 37.4 Å². The van der Waals surface area contributed by atoms with Crippen LogP contribution in [0.4, 0.5) is 5.69 Å². The molecule has 1 N–H and O–H groups in total. The maximum absolute atomic E-state index is 12.2. The number of likely N-dealkylation sites (N-methyl/N-ethyl adjacent to an activating group) is 1. The van der Waals surface area contributed by atoms with Gasteiger partial charge in [-0.2, -0.15) is 5.10 Å². The predicted octanol–water partition coefficient (Wildman–Crippen LogP) is 2.43. The number of amides is 1. The fourth-order valence-corrected chi connectivity index (χ4v) is 5.15. The number of para-hydroxylation sites is 1. The van der Waals surface area contributed by atoms with Crippen LogP contribution in [-0.2, 0) is 9.53 Å². The first kappa shape index (κ1) is 20.2. The van der Waals surface area contributed by atoms with Crippen molar-refractivity contribution >= 4 is 28.6 Å². The molecule has 170 valence electrons. The number of fused-ring (bicyclic) bond motifs is 2. The molecule has 0 spiro atoms. The number of morpholine rings is 1. The molecule has 3 aliphatic rings. The number of carboxylic acid groups (broad SMARTS) is 1. The van der Waals surface area contributed by atoms with Crippen LogP contribution in [-0.4, -0.2) is 75.5 Å². The Morgan fingerprint density at radius 3 is 2.67 bits per heavy atom. The van der Waals surface area contributed by atoms with Gasteiger partial charge in [-0.3, -0.25) is 4.79 Å². The number of carbonyl (C=O) groups is 2. The van der Waals surface area contributed by atoms with E-state index >= 15 is 0 Å². The van der Waals surface area contributed by atoms with Gasteiger partial charge in [-0.15, -0.1) is 0 Å². The molecule has 1 aliphatic carbocycles. The quantitative estimate of drug-likeness (QED) is 0.656. The summed E-state index contributed by atoms with van der Waals surface area (Å²) in [6, 6.07) is 11.3. The van der Waals surface area contributed by atoms with E-state index in [2.05, 4.69) is 9.88 Å². The minimum absolute atomic E-state index is 0.0186. The van der Waals surface area contributed by atoms with Gasteiger partial charge >= 0.3 is 5.97 Å². The average molecular weight is 447 g/mol. The Morgan fingerprint density at radius 2 is 1.97 bits per heavy atom. The van der Waals surface area contributed by atoms with E-state index in [1.54, 1.807) is 15.6 Å². The SMILES string of the molecule is CN1C(=O)CO[C@H]2CN(c3cc(C(=O)O)nc4c3c(C3CCC3)nn4-c3ccccc3)C[C@@H]21. The van der Waals surface area contributed by atoms with E-state index in [9.17, 15) is 14.7 Å². The van der Waals surface area contributed by atoms with Gasteiger partial charge in [-0.1, -0.05) is 24.6 Å². The minimum atomic E-state index is -1.08. The van der Waals surface area contributed by atoms with Gasteiger partial charge in [0.1, 0.15) is 6.61 Å². The molecule has 3 aromatic rings. The maximum atomic E-state index is 12.2. The first-order valence-electron chi connectivity index (χ1n) is 11.4. The van der Waals surface area contributed by atoms with Crippen LogP contribution in [0.25, 0.3) is 16.7 Å². The number of anilines is 1. The molecular weight excluding hydrogens is 422 g/mol. The number of carboxylic acids is 1. The van der Waals surface area contributed by atoms with E-state index < -0.39 is 5.97 Å². The number of pyridine rings is 1. The number of benzene rings is 1. The van der Waals surface area contributed by atoms with Crippen LogP contribution in [0.2, 0.25) is 0 Å². The Morgan fingerprint density at radius 1 is 1.18 bits per heavy atom. The van der Waals surface area contributed by atoms with Crippen molar-refractivity contribution in [1.82, 2.24) is 19.7 Å². The fourth-order valence-electron chi connectivity index (χ4n) is 5.15. The van der Waals surface area contributed by atoms with E-state index in [0.29, 0.717) is 24.7 Å². The van der Waals surface area contributed by atoms with Crippen molar-refractivity contribution in [2.24, 2.45) is 0 Å². The lowest BCUT2D eigenvalue weighted by atomic mass is 9.82. The molecule has 1 amide bonds. The number of aromatic nitrogens is 3. The maximum Gasteiger partial charge on any atom is 0.354 e. The summed E-state index contributed by atoms with van der Waals surface area (Å²) >= 11 is 0. The minimum Gasteiger partial charge on any atom is -0.477 e. The lowest BCUT2D eigenvalue weighted by Crippen LogP contribution is -2.51. The van der Waals surface area contributed by atoms with Crippen LogP contribution in [0.1, 0.15) is 41.4 Å². The summed E-state index contributed by atoms with van der Waals surface area (Å²) in [5.41, 5.74) is 3.16. The first-order valence-corrected chi connectivity index (χ1v) is 11.4. The van der Waals surface area contributed by atoms with Crippen LogP contribution in [0, 0.1) is 0 Å². The van der Waals surface area contributed by atoms with Crippen LogP contribution in [0.15, 0.2) is 36.4 Å². The van der Waals surface area contributed by atoms with Crippen LogP contribution in [0.5, 0.6) is 0 Å². The van der Waals surface area contributed by atoms with E-state index in [1.165, 1.54) is 0 Å². The zero-order chi connectivity index (χ0) is 22.7. The molecule has 2 aliphatic heterocycles. The highest BCUT2D eigenvalue weighted by molar-refractivity contribution is 5.98. The van der Waals surface area contributed by atoms with Crippen LogP contribution >= 0.6 is 0 Å². The first-order chi connectivity index (χ1) is 16.0. The van der Waals surface area contributed by atoms with Gasteiger partial charge in [-0.05, 0) is 31.0 Å². The second-order valence-corrected chi connectivity index (χ2v) is 9.12. The van der Waals surface area contributed by atoms with Crippen molar-refractivity contribution in [2.45, 2.75) is 37.3 Å². The molecule has 0 unspecified atom stereocenters. The Balaban J connectivity index is 1.55. The third kappa shape index (κ3) is 3.18. The summed E-state index contributed by atoms with van der Waals surface area (Å²) in [6.07, 6.45) is 3.18. The van der Waals surface area contributed by atoms with Crippen molar-refractivity contribution < 1.29 is 19.4 Å². The normalized spacial score (nSPS) is 23.1. The lowest BCUT2D eigenvalue weighted by Gasteiger charge is -2.33. The zero-order valence-corrected chi connectivity index (χ0v) is 18.3. The predicted molar refractivity (Wildman–Crippen MR) is 121 cm³/mol. The summed E-state index contributed by atoms with van der Waals surface area (Å²) in [6.45, 7) is 1.24. The molecule has 6 rings (SSSR count). The number of aromatic carboxylic acids is 1. The van der Waals surface area contributed by atoms with Crippen molar-refractivity contribution in [3.05, 3.63) is 47.8 Å². The molecule has 9 nitrogen and oxygen atoms in total. The number of rotatable bonds is 4. The molecule has 0 bridgehead atoms. The second-order valence-electron chi connectivity index (χ2n) is 9.12. The third-order valence-corrected chi connectivity index (χ3v) is 7.25. The molecule has 2 saturated heterocycles. The Labute approximate surface area is 190 Å². The summed E-state index contributed by atoms with van der Waals surface area (Å²) in [5, 5.41) is 15.7. The number of hydrogen-bond acceptors (Lipinski definition) is 6. The molecule has 3 fully saturated rings. The fraction of sp³-hybridized carbons (Fsp3) is 0.417. The summed E-state index contributed by atoms with van der Waals surface area (Å²) in [5.74, 6) is -0.778. The van der Waals surface area contributed by atoms with Gasteiger partial charge in [0.05, 0.1) is 34.6 Å². The second kappa shape index (κ2) is 7.55. The number of hydrogen-bond donors (Lipinski definition) is 1. The van der Waals surface area contributed by atoms with Crippen molar-refractivity contribution in [3.8, 4) is 5.69 Å². The highest BCUT2D eigenvalue weighted by Crippen LogP contribution is 2.43. The van der Waals surface area contributed by atoms with Gasteiger partial charge in [0.2, 0.25) is 5.91 Å². The van der Waals surface area contributed by atoms with E-state index in [0.717, 1.165) is 41.7 Å². The van der Waals surface area contributed by atoms with Gasteiger partial charge in [0.25, 0.3) is 0 Å². The monoisotopic (exact) mass is 447 g/mol. The molecule has 9 heteroatoms. The molecule has 33 heavy (non-hydrogen) atoms. The van der Waals surface area contributed by atoms with Crippen molar-refractivity contribution in [1.29, 1.82) is 0 Å². The van der Waals surface area contributed by atoms with Gasteiger partial charge in [-0.25, -0.2) is 14.5 Å². The molecule has 0 radical (unpaired) electrons. The Bertz CT molecular complexity index is 1250. The van der Waals surface area contributed by atoms with Gasteiger partial charge in [0.15, 0.2) is 11.3 Å².